The van der Waals surface area contributed by atoms with Crippen LogP contribution in [-0.4, -0.2) is 42.1 Å². The normalized spacial score (nSPS) is 12.9. The Balaban J connectivity index is 0.000000321. The summed E-state index contributed by atoms with van der Waals surface area (Å²) in [4.78, 5) is 25.3. The third-order valence-corrected chi connectivity index (χ3v) is 3.37. The van der Waals surface area contributed by atoms with Crippen LogP contribution >= 0.6 is 0 Å². The van der Waals surface area contributed by atoms with Gasteiger partial charge in [-0.1, -0.05) is 18.2 Å². The van der Waals surface area contributed by atoms with Crippen molar-refractivity contribution in [3.05, 3.63) is 65.7 Å². The van der Waals surface area contributed by atoms with E-state index in [1.54, 1.807) is 12.1 Å². The lowest BCUT2D eigenvalue weighted by molar-refractivity contribution is -0.192. The van der Waals surface area contributed by atoms with Gasteiger partial charge in [-0.15, -0.1) is 0 Å². The van der Waals surface area contributed by atoms with Crippen molar-refractivity contribution in [2.45, 2.75) is 6.18 Å². The molecular formula is C18H16F3N3O3. The fourth-order valence-corrected chi connectivity index (χ4v) is 2.10. The average molecular weight is 379 g/mol. The molecule has 0 fully saturated rings. The molecule has 3 rings (SSSR count). The summed E-state index contributed by atoms with van der Waals surface area (Å²) in [6, 6.07) is 16.9. The maximum atomic E-state index is 12.0. The zero-order valence-corrected chi connectivity index (χ0v) is 14.0. The van der Waals surface area contributed by atoms with Crippen molar-refractivity contribution in [2.24, 2.45) is 4.99 Å². The lowest BCUT2D eigenvalue weighted by Crippen LogP contribution is -2.21. The summed E-state index contributed by atoms with van der Waals surface area (Å²) in [5.41, 5.74) is 2.47. The third kappa shape index (κ3) is 6.14. The van der Waals surface area contributed by atoms with E-state index in [0.29, 0.717) is 5.56 Å². The van der Waals surface area contributed by atoms with E-state index in [9.17, 15) is 18.0 Å². The molecule has 2 aromatic carbocycles. The number of carbonyl (C=O) groups is 2. The highest BCUT2D eigenvalue weighted by molar-refractivity contribution is 6.05. The molecule has 2 aromatic rings. The molecule has 9 heteroatoms. The van der Waals surface area contributed by atoms with Crippen molar-refractivity contribution in [3.8, 4) is 0 Å². The fourth-order valence-electron chi connectivity index (χ4n) is 2.10. The lowest BCUT2D eigenvalue weighted by atomic mass is 10.1. The molecule has 6 nitrogen and oxygen atoms in total. The van der Waals surface area contributed by atoms with Gasteiger partial charge < -0.3 is 15.7 Å². The first-order chi connectivity index (χ1) is 12.8. The number of carboxylic acids is 1. The van der Waals surface area contributed by atoms with Gasteiger partial charge in [-0.2, -0.15) is 13.2 Å². The molecule has 0 aromatic heterocycles. The van der Waals surface area contributed by atoms with Crippen LogP contribution in [-0.2, 0) is 4.79 Å². The number of anilines is 1. The van der Waals surface area contributed by atoms with Gasteiger partial charge in [-0.05, 0) is 36.4 Å². The van der Waals surface area contributed by atoms with E-state index in [0.717, 1.165) is 30.2 Å². The molecule has 0 aliphatic carbocycles. The molecule has 0 saturated carbocycles. The summed E-state index contributed by atoms with van der Waals surface area (Å²) in [7, 11) is 0. The SMILES string of the molecule is O=C(Nc1ccc(C2=NCCN2)cc1)c1ccccc1.O=C(O)C(F)(F)F. The second kappa shape index (κ2) is 8.84. The summed E-state index contributed by atoms with van der Waals surface area (Å²) in [5.74, 6) is -1.94. The molecule has 1 aliphatic heterocycles. The number of aliphatic imine (C=N–C) groups is 1. The van der Waals surface area contributed by atoms with Gasteiger partial charge in [0.15, 0.2) is 0 Å². The first kappa shape index (κ1) is 20.0. The Bertz CT molecular complexity index is 819. The summed E-state index contributed by atoms with van der Waals surface area (Å²) in [6.45, 7) is 1.71. The van der Waals surface area contributed by atoms with E-state index < -0.39 is 12.1 Å². The van der Waals surface area contributed by atoms with E-state index in [4.69, 9.17) is 9.90 Å². The number of amidine groups is 1. The van der Waals surface area contributed by atoms with Gasteiger partial charge in [0.05, 0.1) is 6.54 Å². The van der Waals surface area contributed by atoms with Crippen molar-refractivity contribution >= 4 is 23.4 Å². The minimum absolute atomic E-state index is 0.102. The number of amides is 1. The van der Waals surface area contributed by atoms with E-state index in [1.165, 1.54) is 0 Å². The number of nitrogens with one attached hydrogen (secondary N) is 2. The van der Waals surface area contributed by atoms with Crippen LogP contribution in [0.4, 0.5) is 18.9 Å². The topological polar surface area (TPSA) is 90.8 Å². The van der Waals surface area contributed by atoms with Gasteiger partial charge >= 0.3 is 12.1 Å². The number of rotatable bonds is 3. The quantitative estimate of drug-likeness (QED) is 0.765. The van der Waals surface area contributed by atoms with Crippen LogP contribution in [0.3, 0.4) is 0 Å². The highest BCUT2D eigenvalue weighted by Gasteiger charge is 2.38. The van der Waals surface area contributed by atoms with Crippen LogP contribution in [0.5, 0.6) is 0 Å². The van der Waals surface area contributed by atoms with Gasteiger partial charge in [0.1, 0.15) is 5.84 Å². The van der Waals surface area contributed by atoms with Gasteiger partial charge in [-0.25, -0.2) is 4.79 Å². The molecular weight excluding hydrogens is 363 g/mol. The van der Waals surface area contributed by atoms with Crippen LogP contribution in [0.1, 0.15) is 15.9 Å². The number of hydrogen-bond acceptors (Lipinski definition) is 4. The molecule has 0 bridgehead atoms. The Hall–Kier alpha value is -3.36. The van der Waals surface area contributed by atoms with Crippen molar-refractivity contribution in [1.29, 1.82) is 0 Å². The number of halogens is 3. The predicted molar refractivity (Wildman–Crippen MR) is 93.9 cm³/mol. The summed E-state index contributed by atoms with van der Waals surface area (Å²) >= 11 is 0. The molecule has 0 radical (unpaired) electrons. The molecule has 0 spiro atoms. The first-order valence-electron chi connectivity index (χ1n) is 7.82. The minimum atomic E-state index is -5.08. The van der Waals surface area contributed by atoms with Crippen molar-refractivity contribution in [1.82, 2.24) is 5.32 Å². The highest BCUT2D eigenvalue weighted by atomic mass is 19.4. The molecule has 142 valence electrons. The number of benzene rings is 2. The Morgan fingerprint density at radius 3 is 2.11 bits per heavy atom. The van der Waals surface area contributed by atoms with Gasteiger partial charge in [0.25, 0.3) is 5.91 Å². The Labute approximate surface area is 152 Å². The van der Waals surface area contributed by atoms with Crippen molar-refractivity contribution in [2.75, 3.05) is 18.4 Å². The molecule has 0 unspecified atom stereocenters. The number of nitrogens with zero attached hydrogens (tertiary/aromatic N) is 1. The second-order valence-corrected chi connectivity index (χ2v) is 5.36. The highest BCUT2D eigenvalue weighted by Crippen LogP contribution is 2.13. The van der Waals surface area contributed by atoms with E-state index in [2.05, 4.69) is 15.6 Å². The number of alkyl halides is 3. The first-order valence-corrected chi connectivity index (χ1v) is 7.82. The summed E-state index contributed by atoms with van der Waals surface area (Å²) < 4.78 is 31.7. The standard InChI is InChI=1S/C16H15N3O.C2HF3O2/c20-16(13-4-2-1-3-5-13)19-14-8-6-12(7-9-14)15-17-10-11-18-15;3-2(4,5)1(6)7/h1-9H,10-11H2,(H,17,18)(H,19,20);(H,6,7). The summed E-state index contributed by atoms with van der Waals surface area (Å²) in [5, 5.41) is 13.2. The Kier molecular flexibility index (Phi) is 6.53. The van der Waals surface area contributed by atoms with Crippen LogP contribution in [0, 0.1) is 0 Å². The van der Waals surface area contributed by atoms with Gasteiger partial charge in [0.2, 0.25) is 0 Å². The average Bonchev–Trinajstić information content (AvgIpc) is 3.17. The zero-order chi connectivity index (χ0) is 19.9. The number of hydrogen-bond donors (Lipinski definition) is 3. The molecule has 0 atom stereocenters. The van der Waals surface area contributed by atoms with Crippen molar-refractivity contribution in [3.63, 3.8) is 0 Å². The third-order valence-electron chi connectivity index (χ3n) is 3.37. The second-order valence-electron chi connectivity index (χ2n) is 5.36. The Morgan fingerprint density at radius 2 is 1.63 bits per heavy atom. The predicted octanol–water partition coefficient (Wildman–Crippen LogP) is 2.92. The minimum Gasteiger partial charge on any atom is -0.475 e. The molecule has 1 heterocycles. The maximum Gasteiger partial charge on any atom is 0.490 e. The smallest absolute Gasteiger partial charge is 0.475 e. The summed E-state index contributed by atoms with van der Waals surface area (Å²) in [6.07, 6.45) is -5.08. The molecule has 27 heavy (non-hydrogen) atoms. The zero-order valence-electron chi connectivity index (χ0n) is 14.0. The molecule has 1 aliphatic rings. The van der Waals surface area contributed by atoms with Crippen molar-refractivity contribution < 1.29 is 27.9 Å². The maximum absolute atomic E-state index is 12.0. The fraction of sp³-hybridized carbons (Fsp3) is 0.167. The molecule has 3 N–H and O–H groups in total. The monoisotopic (exact) mass is 379 g/mol. The van der Waals surface area contributed by atoms with Crippen LogP contribution in [0.15, 0.2) is 59.6 Å². The van der Waals surface area contributed by atoms with E-state index in [-0.39, 0.29) is 5.91 Å². The number of carbonyl (C=O) groups excluding carboxylic acids is 1. The molecule has 0 saturated heterocycles. The van der Waals surface area contributed by atoms with Gasteiger partial charge in [0, 0.05) is 23.4 Å². The lowest BCUT2D eigenvalue weighted by Gasteiger charge is -2.07. The van der Waals surface area contributed by atoms with Crippen LogP contribution in [0.25, 0.3) is 0 Å². The number of aliphatic carboxylic acids is 1. The Morgan fingerprint density at radius 1 is 1.04 bits per heavy atom. The molecule has 1 amide bonds. The largest absolute Gasteiger partial charge is 0.490 e. The van der Waals surface area contributed by atoms with E-state index in [1.807, 2.05) is 42.5 Å². The van der Waals surface area contributed by atoms with Crippen LogP contribution in [0.2, 0.25) is 0 Å². The van der Waals surface area contributed by atoms with E-state index >= 15 is 0 Å². The van der Waals surface area contributed by atoms with Crippen LogP contribution < -0.4 is 10.6 Å². The van der Waals surface area contributed by atoms with Gasteiger partial charge in [-0.3, -0.25) is 9.79 Å². The number of carboxylic acid groups (broad SMARTS) is 1.